The molecule has 0 aliphatic heterocycles. The van der Waals surface area contributed by atoms with Crippen molar-refractivity contribution in [1.29, 1.82) is 0 Å². The van der Waals surface area contributed by atoms with Crippen molar-refractivity contribution >= 4 is 5.97 Å². The van der Waals surface area contributed by atoms with Crippen molar-refractivity contribution in [3.8, 4) is 5.88 Å². The van der Waals surface area contributed by atoms with E-state index in [0.717, 1.165) is 0 Å². The lowest BCUT2D eigenvalue weighted by Crippen LogP contribution is -1.95. The van der Waals surface area contributed by atoms with Crippen LogP contribution in [0.2, 0.25) is 0 Å². The van der Waals surface area contributed by atoms with Crippen LogP contribution in [0.1, 0.15) is 16.4 Å². The Kier molecular flexibility index (Phi) is 1.80. The summed E-state index contributed by atoms with van der Waals surface area (Å²) < 4.78 is 9.44. The molecule has 11 heavy (non-hydrogen) atoms. The molecule has 0 aromatic carbocycles. The monoisotopic (exact) mass is 157 g/mol. The Morgan fingerprint density at radius 3 is 2.64 bits per heavy atom. The van der Waals surface area contributed by atoms with E-state index in [2.05, 4.69) is 4.98 Å². The van der Waals surface area contributed by atoms with Crippen molar-refractivity contribution in [2.75, 3.05) is 7.11 Å². The van der Waals surface area contributed by atoms with Crippen LogP contribution < -0.4 is 4.74 Å². The average molecular weight is 157 g/mol. The Bertz CT molecular complexity index is 278. The Morgan fingerprint density at radius 1 is 1.73 bits per heavy atom. The molecule has 0 bridgehead atoms. The van der Waals surface area contributed by atoms with Crippen LogP contribution in [0.15, 0.2) is 4.42 Å². The molecule has 1 heterocycles. The van der Waals surface area contributed by atoms with E-state index in [1.807, 2.05) is 0 Å². The SMILES string of the molecule is COc1nc(C(=O)O)oc1C. The van der Waals surface area contributed by atoms with Gasteiger partial charge in [0.15, 0.2) is 5.76 Å². The summed E-state index contributed by atoms with van der Waals surface area (Å²) in [7, 11) is 1.40. The van der Waals surface area contributed by atoms with Gasteiger partial charge in [0.1, 0.15) is 0 Å². The Hall–Kier alpha value is -1.52. The van der Waals surface area contributed by atoms with Gasteiger partial charge >= 0.3 is 11.9 Å². The van der Waals surface area contributed by atoms with E-state index in [0.29, 0.717) is 5.76 Å². The normalized spacial score (nSPS) is 9.64. The molecule has 1 aromatic heterocycles. The number of nitrogens with zero attached hydrogens (tertiary/aromatic N) is 1. The molecule has 1 rings (SSSR count). The lowest BCUT2D eigenvalue weighted by atomic mass is 10.6. The summed E-state index contributed by atoms with van der Waals surface area (Å²) in [4.78, 5) is 13.8. The fraction of sp³-hybridized carbons (Fsp3) is 0.333. The smallest absolute Gasteiger partial charge is 0.392 e. The van der Waals surface area contributed by atoms with Gasteiger partial charge in [-0.25, -0.2) is 4.79 Å². The maximum atomic E-state index is 10.3. The summed E-state index contributed by atoms with van der Waals surface area (Å²) in [6.07, 6.45) is 0. The predicted molar refractivity (Wildman–Crippen MR) is 34.8 cm³/mol. The number of aryl methyl sites for hydroxylation is 1. The molecule has 0 unspecified atom stereocenters. The number of carboxylic acids is 1. The highest BCUT2D eigenvalue weighted by molar-refractivity contribution is 5.82. The second-order valence-electron chi connectivity index (χ2n) is 1.89. The highest BCUT2D eigenvalue weighted by Gasteiger charge is 2.14. The van der Waals surface area contributed by atoms with E-state index in [1.165, 1.54) is 7.11 Å². The van der Waals surface area contributed by atoms with Crippen LogP contribution in [0.4, 0.5) is 0 Å². The molecule has 1 N–H and O–H groups in total. The van der Waals surface area contributed by atoms with Crippen LogP contribution in [0.5, 0.6) is 5.88 Å². The lowest BCUT2D eigenvalue weighted by Gasteiger charge is -1.88. The third-order valence-electron chi connectivity index (χ3n) is 1.13. The van der Waals surface area contributed by atoms with Crippen molar-refractivity contribution in [1.82, 2.24) is 4.98 Å². The van der Waals surface area contributed by atoms with Crippen LogP contribution >= 0.6 is 0 Å². The fourth-order valence-electron chi connectivity index (χ4n) is 0.663. The fourth-order valence-corrected chi connectivity index (χ4v) is 0.663. The first kappa shape index (κ1) is 7.59. The lowest BCUT2D eigenvalue weighted by molar-refractivity contribution is 0.0652. The molecular formula is C6H7NO4. The van der Waals surface area contributed by atoms with Gasteiger partial charge in [0, 0.05) is 0 Å². The molecule has 0 saturated carbocycles. The quantitative estimate of drug-likeness (QED) is 0.683. The molecule has 0 spiro atoms. The van der Waals surface area contributed by atoms with Crippen molar-refractivity contribution in [2.45, 2.75) is 6.92 Å². The zero-order chi connectivity index (χ0) is 8.43. The summed E-state index contributed by atoms with van der Waals surface area (Å²) in [6.45, 7) is 1.58. The topological polar surface area (TPSA) is 72.6 Å². The van der Waals surface area contributed by atoms with Gasteiger partial charge in [-0.05, 0) is 6.92 Å². The maximum Gasteiger partial charge on any atom is 0.392 e. The van der Waals surface area contributed by atoms with E-state index >= 15 is 0 Å². The number of methoxy groups -OCH3 is 1. The van der Waals surface area contributed by atoms with Gasteiger partial charge in [0.2, 0.25) is 0 Å². The average Bonchev–Trinajstić information content (AvgIpc) is 2.31. The highest BCUT2D eigenvalue weighted by atomic mass is 16.5. The van der Waals surface area contributed by atoms with Crippen molar-refractivity contribution in [3.63, 3.8) is 0 Å². The third-order valence-corrected chi connectivity index (χ3v) is 1.13. The Morgan fingerprint density at radius 2 is 2.36 bits per heavy atom. The van der Waals surface area contributed by atoms with E-state index in [9.17, 15) is 4.79 Å². The minimum Gasteiger partial charge on any atom is -0.479 e. The Balaban J connectivity index is 3.05. The number of carbonyl (C=O) groups is 1. The summed E-state index contributed by atoms with van der Waals surface area (Å²) >= 11 is 0. The first-order valence-corrected chi connectivity index (χ1v) is 2.90. The molecule has 0 aliphatic rings. The number of aromatic carboxylic acids is 1. The third kappa shape index (κ3) is 1.31. The van der Waals surface area contributed by atoms with E-state index < -0.39 is 5.97 Å². The van der Waals surface area contributed by atoms with E-state index in [1.54, 1.807) is 6.92 Å². The maximum absolute atomic E-state index is 10.3. The second-order valence-corrected chi connectivity index (χ2v) is 1.89. The van der Waals surface area contributed by atoms with Crippen molar-refractivity contribution < 1.29 is 19.1 Å². The van der Waals surface area contributed by atoms with Crippen LogP contribution in [-0.4, -0.2) is 23.2 Å². The van der Waals surface area contributed by atoms with Gasteiger partial charge in [-0.15, -0.1) is 0 Å². The van der Waals surface area contributed by atoms with Gasteiger partial charge in [0.05, 0.1) is 7.11 Å². The number of aromatic nitrogens is 1. The number of ether oxygens (including phenoxy) is 1. The van der Waals surface area contributed by atoms with Crippen molar-refractivity contribution in [3.05, 3.63) is 11.7 Å². The van der Waals surface area contributed by atoms with Gasteiger partial charge in [-0.1, -0.05) is 0 Å². The largest absolute Gasteiger partial charge is 0.479 e. The van der Waals surface area contributed by atoms with Gasteiger partial charge in [-0.2, -0.15) is 4.98 Å². The van der Waals surface area contributed by atoms with Gasteiger partial charge in [-0.3, -0.25) is 0 Å². The molecule has 0 aliphatic carbocycles. The first-order valence-electron chi connectivity index (χ1n) is 2.90. The van der Waals surface area contributed by atoms with Gasteiger partial charge < -0.3 is 14.3 Å². The Labute approximate surface area is 62.6 Å². The van der Waals surface area contributed by atoms with Crippen molar-refractivity contribution in [2.24, 2.45) is 0 Å². The molecule has 0 radical (unpaired) electrons. The highest BCUT2D eigenvalue weighted by Crippen LogP contribution is 2.16. The number of rotatable bonds is 2. The standard InChI is InChI=1S/C6H7NO4/c1-3-4(10-2)7-5(11-3)6(8)9/h1-2H3,(H,8,9). The van der Waals surface area contributed by atoms with Crippen LogP contribution in [-0.2, 0) is 0 Å². The molecule has 0 atom stereocenters. The van der Waals surface area contributed by atoms with Crippen LogP contribution in [0.3, 0.4) is 0 Å². The second kappa shape index (κ2) is 2.61. The molecule has 5 heteroatoms. The van der Waals surface area contributed by atoms with Gasteiger partial charge in [0.25, 0.3) is 5.88 Å². The van der Waals surface area contributed by atoms with E-state index in [-0.39, 0.29) is 11.8 Å². The zero-order valence-electron chi connectivity index (χ0n) is 6.12. The summed E-state index contributed by atoms with van der Waals surface area (Å²) in [6, 6.07) is 0. The molecule has 0 amide bonds. The number of carboxylic acid groups (broad SMARTS) is 1. The molecule has 0 saturated heterocycles. The minimum atomic E-state index is -1.20. The summed E-state index contributed by atoms with van der Waals surface area (Å²) in [5.74, 6) is -0.969. The number of hydrogen-bond acceptors (Lipinski definition) is 4. The molecule has 5 nitrogen and oxygen atoms in total. The van der Waals surface area contributed by atoms with E-state index in [4.69, 9.17) is 14.3 Å². The van der Waals surface area contributed by atoms with Crippen LogP contribution in [0, 0.1) is 6.92 Å². The predicted octanol–water partition coefficient (Wildman–Crippen LogP) is 0.690. The molecular weight excluding hydrogens is 150 g/mol. The number of hydrogen-bond donors (Lipinski definition) is 1. The zero-order valence-corrected chi connectivity index (χ0v) is 6.12. The summed E-state index contributed by atoms with van der Waals surface area (Å²) in [5.41, 5.74) is 0. The number of oxazole rings is 1. The summed E-state index contributed by atoms with van der Waals surface area (Å²) in [5, 5.41) is 8.41. The molecule has 60 valence electrons. The van der Waals surface area contributed by atoms with Crippen LogP contribution in [0.25, 0.3) is 0 Å². The minimum absolute atomic E-state index is 0.211. The molecule has 1 aromatic rings. The first-order chi connectivity index (χ1) is 5.15. The molecule has 0 fully saturated rings.